The Labute approximate surface area is 118 Å². The average molecular weight is 273 g/mol. The summed E-state index contributed by atoms with van der Waals surface area (Å²) in [4.78, 5) is 26.6. The number of amides is 1. The van der Waals surface area contributed by atoms with Gasteiger partial charge in [-0.3, -0.25) is 9.59 Å². The van der Waals surface area contributed by atoms with Crippen LogP contribution in [0.15, 0.2) is 18.2 Å². The van der Waals surface area contributed by atoms with Crippen molar-refractivity contribution in [2.24, 2.45) is 5.92 Å². The van der Waals surface area contributed by atoms with Crippen LogP contribution in [0, 0.1) is 5.92 Å². The largest absolute Gasteiger partial charge is 0.497 e. The summed E-state index contributed by atoms with van der Waals surface area (Å²) in [6.45, 7) is 1.68. The van der Waals surface area contributed by atoms with Crippen molar-refractivity contribution in [2.75, 3.05) is 20.2 Å². The van der Waals surface area contributed by atoms with Crippen molar-refractivity contribution in [3.8, 4) is 5.75 Å². The minimum atomic E-state index is -0.194. The lowest BCUT2D eigenvalue weighted by Crippen LogP contribution is -2.37. The molecule has 0 saturated carbocycles. The van der Waals surface area contributed by atoms with Gasteiger partial charge in [-0.15, -0.1) is 0 Å². The number of rotatable bonds is 2. The van der Waals surface area contributed by atoms with Crippen molar-refractivity contribution in [1.29, 1.82) is 0 Å². The lowest BCUT2D eigenvalue weighted by Gasteiger charge is -2.27. The van der Waals surface area contributed by atoms with Crippen molar-refractivity contribution in [3.05, 3.63) is 29.3 Å². The van der Waals surface area contributed by atoms with E-state index in [-0.39, 0.29) is 17.6 Å². The Morgan fingerprint density at radius 3 is 2.70 bits per heavy atom. The molecule has 0 N–H and O–H groups in total. The van der Waals surface area contributed by atoms with Gasteiger partial charge >= 0.3 is 0 Å². The first kappa shape index (κ1) is 13.2. The van der Waals surface area contributed by atoms with Crippen LogP contribution in [0.25, 0.3) is 0 Å². The summed E-state index contributed by atoms with van der Waals surface area (Å²) in [6.07, 6.45) is 3.15. The number of carbonyl (C=O) groups is 2. The van der Waals surface area contributed by atoms with Crippen LogP contribution in [0.1, 0.15) is 35.2 Å². The highest BCUT2D eigenvalue weighted by atomic mass is 16.5. The molecule has 0 spiro atoms. The van der Waals surface area contributed by atoms with E-state index in [4.69, 9.17) is 4.74 Å². The van der Waals surface area contributed by atoms with Gasteiger partial charge in [-0.25, -0.2) is 0 Å². The first-order valence-electron chi connectivity index (χ1n) is 7.18. The molecule has 1 amide bonds. The van der Waals surface area contributed by atoms with Gasteiger partial charge in [0.15, 0.2) is 5.78 Å². The summed E-state index contributed by atoms with van der Waals surface area (Å²) in [5.41, 5.74) is 1.69. The highest BCUT2D eigenvalue weighted by Gasteiger charge is 2.33. The van der Waals surface area contributed by atoms with Gasteiger partial charge in [-0.2, -0.15) is 0 Å². The molecular formula is C16H19NO3. The number of Topliss-reactive ketones (excluding diaryl/α,β-unsaturated/α-hetero) is 1. The van der Waals surface area contributed by atoms with Crippen molar-refractivity contribution in [1.82, 2.24) is 4.90 Å². The molecule has 20 heavy (non-hydrogen) atoms. The Kier molecular flexibility index (Phi) is 3.47. The summed E-state index contributed by atoms with van der Waals surface area (Å²) in [6, 6.07) is 5.50. The lowest BCUT2D eigenvalue weighted by atomic mass is 9.82. The molecule has 1 aromatic rings. The maximum Gasteiger partial charge on any atom is 0.226 e. The summed E-state index contributed by atoms with van der Waals surface area (Å²) in [5, 5.41) is 0. The molecule has 1 unspecified atom stereocenters. The average Bonchev–Trinajstić information content (AvgIpc) is 2.99. The number of ketones is 1. The van der Waals surface area contributed by atoms with E-state index in [1.165, 1.54) is 0 Å². The molecule has 1 aliphatic heterocycles. The second-order valence-electron chi connectivity index (χ2n) is 5.58. The summed E-state index contributed by atoms with van der Waals surface area (Å²) < 4.78 is 5.20. The molecule has 1 fully saturated rings. The standard InChI is InChI=1S/C16H19NO3/c1-20-13-4-5-14-11(9-13)8-12(10-15(14)18)16(19)17-6-2-3-7-17/h4-5,9,12H,2-3,6-8,10H2,1H3. The number of hydrogen-bond acceptors (Lipinski definition) is 3. The first-order chi connectivity index (χ1) is 9.69. The molecule has 1 heterocycles. The molecule has 3 rings (SSSR count). The van der Waals surface area contributed by atoms with E-state index in [2.05, 4.69) is 0 Å². The number of likely N-dealkylation sites (tertiary alicyclic amines) is 1. The number of ether oxygens (including phenoxy) is 1. The number of methoxy groups -OCH3 is 1. The number of hydrogen-bond donors (Lipinski definition) is 0. The zero-order valence-electron chi connectivity index (χ0n) is 11.7. The second kappa shape index (κ2) is 5.27. The van der Waals surface area contributed by atoms with E-state index in [1.807, 2.05) is 17.0 Å². The van der Waals surface area contributed by atoms with Crippen LogP contribution in [-0.4, -0.2) is 36.8 Å². The number of carbonyl (C=O) groups excluding carboxylic acids is 2. The van der Waals surface area contributed by atoms with Gasteiger partial charge in [0.05, 0.1) is 7.11 Å². The first-order valence-corrected chi connectivity index (χ1v) is 7.18. The maximum atomic E-state index is 12.5. The minimum absolute atomic E-state index is 0.0754. The fourth-order valence-electron chi connectivity index (χ4n) is 3.18. The molecule has 4 heteroatoms. The Morgan fingerprint density at radius 2 is 2.00 bits per heavy atom. The van der Waals surface area contributed by atoms with Gasteiger partial charge in [-0.1, -0.05) is 0 Å². The van der Waals surface area contributed by atoms with Crippen LogP contribution >= 0.6 is 0 Å². The molecule has 2 aliphatic rings. The normalized spacial score (nSPS) is 21.8. The molecule has 0 radical (unpaired) electrons. The molecular weight excluding hydrogens is 254 g/mol. The smallest absolute Gasteiger partial charge is 0.226 e. The van der Waals surface area contributed by atoms with Crippen LogP contribution in [0.5, 0.6) is 5.75 Å². The molecule has 1 aliphatic carbocycles. The SMILES string of the molecule is COc1ccc2c(c1)CC(C(=O)N1CCCC1)CC2=O. The van der Waals surface area contributed by atoms with Gasteiger partial charge in [0.1, 0.15) is 5.75 Å². The van der Waals surface area contributed by atoms with Crippen molar-refractivity contribution in [2.45, 2.75) is 25.7 Å². The topological polar surface area (TPSA) is 46.6 Å². The van der Waals surface area contributed by atoms with Crippen LogP contribution < -0.4 is 4.74 Å². The van der Waals surface area contributed by atoms with Crippen molar-refractivity contribution >= 4 is 11.7 Å². The molecule has 4 nitrogen and oxygen atoms in total. The molecule has 0 bridgehead atoms. The zero-order chi connectivity index (χ0) is 14.1. The van der Waals surface area contributed by atoms with E-state index in [9.17, 15) is 9.59 Å². The number of fused-ring (bicyclic) bond motifs is 1. The third-order valence-corrected chi connectivity index (χ3v) is 4.28. The van der Waals surface area contributed by atoms with Crippen LogP contribution in [0.3, 0.4) is 0 Å². The van der Waals surface area contributed by atoms with Gasteiger partial charge < -0.3 is 9.64 Å². The van der Waals surface area contributed by atoms with Gasteiger partial charge in [0.2, 0.25) is 5.91 Å². The van der Waals surface area contributed by atoms with Crippen LogP contribution in [0.4, 0.5) is 0 Å². The quantitative estimate of drug-likeness (QED) is 0.828. The summed E-state index contributed by atoms with van der Waals surface area (Å²) in [7, 11) is 1.61. The van der Waals surface area contributed by atoms with Gasteiger partial charge in [-0.05, 0) is 43.0 Å². The monoisotopic (exact) mass is 273 g/mol. The van der Waals surface area contributed by atoms with Crippen LogP contribution in [0.2, 0.25) is 0 Å². The zero-order valence-corrected chi connectivity index (χ0v) is 11.7. The third kappa shape index (κ3) is 2.30. The predicted octanol–water partition coefficient (Wildman–Crippen LogP) is 2.06. The molecule has 106 valence electrons. The Hall–Kier alpha value is -1.84. The van der Waals surface area contributed by atoms with E-state index in [0.29, 0.717) is 12.8 Å². The minimum Gasteiger partial charge on any atom is -0.497 e. The highest BCUT2D eigenvalue weighted by Crippen LogP contribution is 2.30. The van der Waals surface area contributed by atoms with E-state index in [0.717, 1.165) is 42.8 Å². The lowest BCUT2D eigenvalue weighted by molar-refractivity contribution is -0.134. The van der Waals surface area contributed by atoms with E-state index < -0.39 is 0 Å². The maximum absolute atomic E-state index is 12.5. The highest BCUT2D eigenvalue weighted by molar-refractivity contribution is 6.01. The van der Waals surface area contributed by atoms with Crippen molar-refractivity contribution < 1.29 is 14.3 Å². The summed E-state index contributed by atoms with van der Waals surface area (Å²) >= 11 is 0. The summed E-state index contributed by atoms with van der Waals surface area (Å²) in [5.74, 6) is 0.766. The van der Waals surface area contributed by atoms with E-state index >= 15 is 0 Å². The number of nitrogens with zero attached hydrogens (tertiary/aromatic N) is 1. The third-order valence-electron chi connectivity index (χ3n) is 4.28. The molecule has 1 atom stereocenters. The Morgan fingerprint density at radius 1 is 1.25 bits per heavy atom. The van der Waals surface area contributed by atoms with Gasteiger partial charge in [0.25, 0.3) is 0 Å². The van der Waals surface area contributed by atoms with E-state index in [1.54, 1.807) is 13.2 Å². The fraction of sp³-hybridized carbons (Fsp3) is 0.500. The second-order valence-corrected chi connectivity index (χ2v) is 5.58. The van der Waals surface area contributed by atoms with Crippen molar-refractivity contribution in [3.63, 3.8) is 0 Å². The van der Waals surface area contributed by atoms with Gasteiger partial charge in [0, 0.05) is 31.0 Å². The molecule has 1 aromatic carbocycles. The molecule has 0 aromatic heterocycles. The fourth-order valence-corrected chi connectivity index (χ4v) is 3.18. The predicted molar refractivity (Wildman–Crippen MR) is 74.9 cm³/mol. The molecule has 1 saturated heterocycles. The Bertz CT molecular complexity index is 547. The van der Waals surface area contributed by atoms with Crippen LogP contribution in [-0.2, 0) is 11.2 Å². The number of benzene rings is 1. The Balaban J connectivity index is 1.83.